The zero-order chi connectivity index (χ0) is 12.8. The Balaban J connectivity index is 4.88. The van der Waals surface area contributed by atoms with Crippen molar-refractivity contribution < 1.29 is 4.79 Å². The number of rotatable bonds is 7. The van der Waals surface area contributed by atoms with Crippen molar-refractivity contribution in [3.05, 3.63) is 12.2 Å². The predicted molar refractivity (Wildman–Crippen MR) is 69.1 cm³/mol. The Hall–Kier alpha value is -0.830. The van der Waals surface area contributed by atoms with Gasteiger partial charge in [-0.3, -0.25) is 4.79 Å². The van der Waals surface area contributed by atoms with Crippen molar-refractivity contribution in [3.8, 4) is 0 Å². The Bertz CT molecular complexity index is 236. The van der Waals surface area contributed by atoms with Crippen LogP contribution in [-0.2, 0) is 4.79 Å². The SMILES string of the molecule is C=C(C)CN(CC)C(=O)C(CC)(CC)CN. The van der Waals surface area contributed by atoms with Gasteiger partial charge in [0.15, 0.2) is 0 Å². The van der Waals surface area contributed by atoms with Crippen molar-refractivity contribution in [1.82, 2.24) is 4.90 Å². The highest BCUT2D eigenvalue weighted by atomic mass is 16.2. The van der Waals surface area contributed by atoms with Gasteiger partial charge in [0.25, 0.3) is 0 Å². The van der Waals surface area contributed by atoms with Crippen molar-refractivity contribution in [2.24, 2.45) is 11.1 Å². The van der Waals surface area contributed by atoms with E-state index in [4.69, 9.17) is 5.73 Å². The van der Waals surface area contributed by atoms with Crippen LogP contribution in [0.25, 0.3) is 0 Å². The number of likely N-dealkylation sites (N-methyl/N-ethyl adjacent to an activating group) is 1. The summed E-state index contributed by atoms with van der Waals surface area (Å²) in [5.41, 5.74) is 6.41. The molecule has 94 valence electrons. The third-order valence-electron chi connectivity index (χ3n) is 3.33. The summed E-state index contributed by atoms with van der Waals surface area (Å²) in [5, 5.41) is 0. The molecule has 3 heteroatoms. The Kier molecular flexibility index (Phi) is 6.34. The normalized spacial score (nSPS) is 11.3. The van der Waals surface area contributed by atoms with Crippen molar-refractivity contribution in [2.75, 3.05) is 19.6 Å². The van der Waals surface area contributed by atoms with Gasteiger partial charge in [0, 0.05) is 19.6 Å². The Morgan fingerprint density at radius 1 is 1.31 bits per heavy atom. The lowest BCUT2D eigenvalue weighted by molar-refractivity contribution is -0.141. The highest BCUT2D eigenvalue weighted by molar-refractivity contribution is 5.83. The first-order chi connectivity index (χ1) is 7.47. The van der Waals surface area contributed by atoms with Crippen molar-refractivity contribution >= 4 is 5.91 Å². The molecule has 2 N–H and O–H groups in total. The van der Waals surface area contributed by atoms with E-state index < -0.39 is 0 Å². The average molecular weight is 226 g/mol. The molecule has 0 fully saturated rings. The number of carbonyl (C=O) groups is 1. The summed E-state index contributed by atoms with van der Waals surface area (Å²) in [7, 11) is 0. The molecule has 0 aliphatic carbocycles. The monoisotopic (exact) mass is 226 g/mol. The fraction of sp³-hybridized carbons (Fsp3) is 0.769. The first kappa shape index (κ1) is 15.2. The molecular formula is C13H26N2O. The molecule has 0 aromatic rings. The minimum Gasteiger partial charge on any atom is -0.338 e. The minimum atomic E-state index is -0.383. The maximum absolute atomic E-state index is 12.4. The van der Waals surface area contributed by atoms with E-state index in [1.807, 2.05) is 32.6 Å². The van der Waals surface area contributed by atoms with Crippen molar-refractivity contribution in [2.45, 2.75) is 40.5 Å². The maximum Gasteiger partial charge on any atom is 0.230 e. The standard InChI is InChI=1S/C13H26N2O/c1-6-13(7-2,10-14)12(16)15(8-3)9-11(4)5/h4,6-10,14H2,1-3,5H3. The second kappa shape index (κ2) is 6.69. The van der Waals surface area contributed by atoms with Gasteiger partial charge in [0.05, 0.1) is 5.41 Å². The van der Waals surface area contributed by atoms with E-state index >= 15 is 0 Å². The summed E-state index contributed by atoms with van der Waals surface area (Å²) < 4.78 is 0. The first-order valence-electron chi connectivity index (χ1n) is 6.11. The molecule has 0 bridgehead atoms. The van der Waals surface area contributed by atoms with Gasteiger partial charge in [0.1, 0.15) is 0 Å². The van der Waals surface area contributed by atoms with Crippen LogP contribution in [0.1, 0.15) is 40.5 Å². The van der Waals surface area contributed by atoms with Gasteiger partial charge >= 0.3 is 0 Å². The molecule has 3 nitrogen and oxygen atoms in total. The Morgan fingerprint density at radius 3 is 2.06 bits per heavy atom. The van der Waals surface area contributed by atoms with Crippen LogP contribution in [0, 0.1) is 5.41 Å². The van der Waals surface area contributed by atoms with Crippen LogP contribution in [0.5, 0.6) is 0 Å². The summed E-state index contributed by atoms with van der Waals surface area (Å²) in [6.07, 6.45) is 1.59. The molecule has 0 aromatic heterocycles. The average Bonchev–Trinajstić information content (AvgIpc) is 2.28. The van der Waals surface area contributed by atoms with Crippen LogP contribution in [0.3, 0.4) is 0 Å². The summed E-state index contributed by atoms with van der Waals surface area (Å²) in [6.45, 7) is 13.6. The third kappa shape index (κ3) is 3.34. The molecular weight excluding hydrogens is 200 g/mol. The summed E-state index contributed by atoms with van der Waals surface area (Å²) in [6, 6.07) is 0. The van der Waals surface area contributed by atoms with E-state index in [9.17, 15) is 4.79 Å². The van der Waals surface area contributed by atoms with Crippen LogP contribution < -0.4 is 5.73 Å². The number of hydrogen-bond donors (Lipinski definition) is 1. The zero-order valence-corrected chi connectivity index (χ0v) is 11.2. The van der Waals surface area contributed by atoms with Crippen LogP contribution in [0.4, 0.5) is 0 Å². The quantitative estimate of drug-likeness (QED) is 0.676. The zero-order valence-electron chi connectivity index (χ0n) is 11.2. The molecule has 0 aliphatic heterocycles. The van der Waals surface area contributed by atoms with E-state index in [0.717, 1.165) is 18.4 Å². The molecule has 0 radical (unpaired) electrons. The van der Waals surface area contributed by atoms with Gasteiger partial charge in [-0.1, -0.05) is 26.0 Å². The van der Waals surface area contributed by atoms with Gasteiger partial charge in [-0.05, 0) is 26.7 Å². The summed E-state index contributed by atoms with van der Waals surface area (Å²) in [5.74, 6) is 0.172. The van der Waals surface area contributed by atoms with Gasteiger partial charge in [0.2, 0.25) is 5.91 Å². The van der Waals surface area contributed by atoms with E-state index in [-0.39, 0.29) is 11.3 Å². The molecule has 0 saturated carbocycles. The highest BCUT2D eigenvalue weighted by Crippen LogP contribution is 2.27. The van der Waals surface area contributed by atoms with Crippen molar-refractivity contribution in [3.63, 3.8) is 0 Å². The van der Waals surface area contributed by atoms with E-state index in [1.165, 1.54) is 0 Å². The maximum atomic E-state index is 12.4. The predicted octanol–water partition coefficient (Wildman–Crippen LogP) is 2.18. The first-order valence-corrected chi connectivity index (χ1v) is 6.11. The molecule has 0 rings (SSSR count). The molecule has 0 aliphatic rings. The van der Waals surface area contributed by atoms with Crippen LogP contribution in [-0.4, -0.2) is 30.4 Å². The molecule has 16 heavy (non-hydrogen) atoms. The topological polar surface area (TPSA) is 46.3 Å². The van der Waals surface area contributed by atoms with Gasteiger partial charge in [-0.2, -0.15) is 0 Å². The van der Waals surface area contributed by atoms with Crippen molar-refractivity contribution in [1.29, 1.82) is 0 Å². The van der Waals surface area contributed by atoms with Gasteiger partial charge in [-0.25, -0.2) is 0 Å². The number of nitrogens with two attached hydrogens (primary N) is 1. The fourth-order valence-corrected chi connectivity index (χ4v) is 1.92. The van der Waals surface area contributed by atoms with E-state index in [2.05, 4.69) is 6.58 Å². The molecule has 0 aromatic carbocycles. The number of amides is 1. The molecule has 0 heterocycles. The lowest BCUT2D eigenvalue weighted by atomic mass is 9.81. The fourth-order valence-electron chi connectivity index (χ4n) is 1.92. The number of hydrogen-bond acceptors (Lipinski definition) is 2. The lowest BCUT2D eigenvalue weighted by Gasteiger charge is -2.34. The summed E-state index contributed by atoms with van der Waals surface area (Å²) in [4.78, 5) is 14.3. The highest BCUT2D eigenvalue weighted by Gasteiger charge is 2.36. The van der Waals surface area contributed by atoms with Crippen LogP contribution >= 0.6 is 0 Å². The number of nitrogens with zero attached hydrogens (tertiary/aromatic N) is 1. The molecule has 1 amide bonds. The minimum absolute atomic E-state index is 0.172. The lowest BCUT2D eigenvalue weighted by Crippen LogP contribution is -2.48. The molecule has 0 saturated heterocycles. The molecule has 0 spiro atoms. The van der Waals surface area contributed by atoms with E-state index in [0.29, 0.717) is 19.6 Å². The largest absolute Gasteiger partial charge is 0.338 e. The Labute approximate surface area is 99.7 Å². The molecule has 0 atom stereocenters. The molecule has 0 unspecified atom stereocenters. The van der Waals surface area contributed by atoms with E-state index in [1.54, 1.807) is 0 Å². The smallest absolute Gasteiger partial charge is 0.230 e. The van der Waals surface area contributed by atoms with Gasteiger partial charge in [-0.15, -0.1) is 0 Å². The number of carbonyl (C=O) groups excluding carboxylic acids is 1. The summed E-state index contributed by atoms with van der Waals surface area (Å²) >= 11 is 0. The van der Waals surface area contributed by atoms with Crippen LogP contribution in [0.15, 0.2) is 12.2 Å². The van der Waals surface area contributed by atoms with Crippen LogP contribution in [0.2, 0.25) is 0 Å². The van der Waals surface area contributed by atoms with Gasteiger partial charge < -0.3 is 10.6 Å². The third-order valence-corrected chi connectivity index (χ3v) is 3.33. The Morgan fingerprint density at radius 2 is 1.81 bits per heavy atom. The second-order valence-corrected chi connectivity index (χ2v) is 4.47. The second-order valence-electron chi connectivity index (χ2n) is 4.47.